The Kier molecular flexibility index (Phi) is 2.96. The van der Waals surface area contributed by atoms with Gasteiger partial charge in [0.05, 0.1) is 12.2 Å². The summed E-state index contributed by atoms with van der Waals surface area (Å²) in [6.07, 6.45) is 0. The number of hydrogen-bond acceptors (Lipinski definition) is 2. The standard InChI is InChI=1S/C11H11BrN2O2/c1-7-2-3-8(12)9(4-7)14-6-10(15)13-5-11(14)16/h2-4H,5-6H2,1H3,(H,13,15). The fourth-order valence-electron chi connectivity index (χ4n) is 1.61. The topological polar surface area (TPSA) is 49.4 Å². The summed E-state index contributed by atoms with van der Waals surface area (Å²) >= 11 is 3.39. The Morgan fingerprint density at radius 3 is 2.88 bits per heavy atom. The molecular formula is C11H11BrN2O2. The van der Waals surface area contributed by atoms with E-state index in [1.54, 1.807) is 0 Å². The molecule has 0 saturated carbocycles. The lowest BCUT2D eigenvalue weighted by Crippen LogP contribution is -2.51. The molecule has 84 valence electrons. The molecule has 1 fully saturated rings. The average Bonchev–Trinajstić information content (AvgIpc) is 2.25. The van der Waals surface area contributed by atoms with Crippen LogP contribution in [-0.4, -0.2) is 24.9 Å². The second-order valence-electron chi connectivity index (χ2n) is 3.71. The van der Waals surface area contributed by atoms with Crippen LogP contribution in [-0.2, 0) is 9.59 Å². The van der Waals surface area contributed by atoms with Gasteiger partial charge < -0.3 is 10.2 Å². The van der Waals surface area contributed by atoms with Crippen molar-refractivity contribution in [1.29, 1.82) is 0 Å². The van der Waals surface area contributed by atoms with Crippen LogP contribution in [0.3, 0.4) is 0 Å². The minimum Gasteiger partial charge on any atom is -0.345 e. The maximum atomic E-state index is 11.7. The number of piperazine rings is 1. The van der Waals surface area contributed by atoms with Gasteiger partial charge in [0.25, 0.3) is 0 Å². The number of amides is 2. The summed E-state index contributed by atoms with van der Waals surface area (Å²) in [4.78, 5) is 24.5. The van der Waals surface area contributed by atoms with Gasteiger partial charge in [-0.1, -0.05) is 6.07 Å². The summed E-state index contributed by atoms with van der Waals surface area (Å²) in [5.74, 6) is -0.223. The molecule has 0 aromatic heterocycles. The highest BCUT2D eigenvalue weighted by molar-refractivity contribution is 9.10. The van der Waals surface area contributed by atoms with Crippen LogP contribution in [0.2, 0.25) is 0 Å². The third-order valence-corrected chi connectivity index (χ3v) is 3.10. The molecule has 16 heavy (non-hydrogen) atoms. The van der Waals surface area contributed by atoms with Crippen molar-refractivity contribution in [2.75, 3.05) is 18.0 Å². The summed E-state index contributed by atoms with van der Waals surface area (Å²) in [6.45, 7) is 2.10. The minimum absolute atomic E-state index is 0.0687. The molecule has 1 N–H and O–H groups in total. The molecule has 1 aromatic rings. The van der Waals surface area contributed by atoms with E-state index in [2.05, 4.69) is 21.2 Å². The number of nitrogens with one attached hydrogen (secondary N) is 1. The zero-order valence-electron chi connectivity index (χ0n) is 8.79. The van der Waals surface area contributed by atoms with Crippen LogP contribution in [0, 0.1) is 6.92 Å². The van der Waals surface area contributed by atoms with Gasteiger partial charge in [-0.25, -0.2) is 0 Å². The van der Waals surface area contributed by atoms with Crippen molar-refractivity contribution in [3.63, 3.8) is 0 Å². The summed E-state index contributed by atoms with van der Waals surface area (Å²) in [5, 5.41) is 2.52. The first-order valence-electron chi connectivity index (χ1n) is 4.91. The Balaban J connectivity index is 2.38. The van der Waals surface area contributed by atoms with Gasteiger partial charge in [0.15, 0.2) is 0 Å². The second kappa shape index (κ2) is 4.25. The first kappa shape index (κ1) is 11.1. The van der Waals surface area contributed by atoms with Gasteiger partial charge in [0, 0.05) is 4.47 Å². The van der Waals surface area contributed by atoms with Gasteiger partial charge in [-0.2, -0.15) is 0 Å². The van der Waals surface area contributed by atoms with Crippen molar-refractivity contribution in [2.24, 2.45) is 0 Å². The predicted molar refractivity (Wildman–Crippen MR) is 64.2 cm³/mol. The van der Waals surface area contributed by atoms with E-state index in [9.17, 15) is 9.59 Å². The lowest BCUT2D eigenvalue weighted by Gasteiger charge is -2.27. The zero-order chi connectivity index (χ0) is 11.7. The maximum Gasteiger partial charge on any atom is 0.246 e. The number of benzene rings is 1. The van der Waals surface area contributed by atoms with Crippen LogP contribution in [0.4, 0.5) is 5.69 Å². The fraction of sp³-hybridized carbons (Fsp3) is 0.273. The van der Waals surface area contributed by atoms with E-state index >= 15 is 0 Å². The van der Waals surface area contributed by atoms with Crippen molar-refractivity contribution >= 4 is 33.4 Å². The Bertz CT molecular complexity index is 459. The maximum absolute atomic E-state index is 11.7. The normalized spacial score (nSPS) is 16.2. The lowest BCUT2D eigenvalue weighted by atomic mass is 10.2. The van der Waals surface area contributed by atoms with Crippen molar-refractivity contribution in [1.82, 2.24) is 5.32 Å². The molecule has 5 heteroatoms. The molecule has 2 rings (SSSR count). The molecule has 0 unspecified atom stereocenters. The minimum atomic E-state index is -0.131. The molecule has 0 bridgehead atoms. The Hall–Kier alpha value is -1.36. The number of rotatable bonds is 1. The number of carbonyl (C=O) groups is 2. The first-order chi connectivity index (χ1) is 7.58. The van der Waals surface area contributed by atoms with Crippen LogP contribution in [0.25, 0.3) is 0 Å². The number of anilines is 1. The molecule has 1 aliphatic heterocycles. The second-order valence-corrected chi connectivity index (χ2v) is 4.57. The van der Waals surface area contributed by atoms with Crippen LogP contribution in [0.15, 0.2) is 22.7 Å². The smallest absolute Gasteiger partial charge is 0.246 e. The molecule has 0 radical (unpaired) electrons. The van der Waals surface area contributed by atoms with E-state index < -0.39 is 0 Å². The number of hydrogen-bond donors (Lipinski definition) is 1. The highest BCUT2D eigenvalue weighted by atomic mass is 79.9. The van der Waals surface area contributed by atoms with Gasteiger partial charge in [-0.3, -0.25) is 9.59 Å². The lowest BCUT2D eigenvalue weighted by molar-refractivity contribution is -0.128. The number of carbonyl (C=O) groups excluding carboxylic acids is 2. The van der Waals surface area contributed by atoms with Crippen LogP contribution < -0.4 is 10.2 Å². The summed E-state index contributed by atoms with van der Waals surface area (Å²) in [7, 11) is 0. The van der Waals surface area contributed by atoms with Gasteiger partial charge in [-0.05, 0) is 40.5 Å². The first-order valence-corrected chi connectivity index (χ1v) is 5.70. The SMILES string of the molecule is Cc1ccc(Br)c(N2CC(=O)NCC2=O)c1. The van der Waals surface area contributed by atoms with Crippen LogP contribution in [0.5, 0.6) is 0 Å². The molecule has 1 heterocycles. The number of aryl methyl sites for hydroxylation is 1. The molecule has 0 atom stereocenters. The van der Waals surface area contributed by atoms with Crippen molar-refractivity contribution in [3.05, 3.63) is 28.2 Å². The average molecular weight is 283 g/mol. The van der Waals surface area contributed by atoms with Gasteiger partial charge in [0.1, 0.15) is 6.54 Å². The molecule has 2 amide bonds. The number of halogens is 1. The molecule has 1 aromatic carbocycles. The highest BCUT2D eigenvalue weighted by Crippen LogP contribution is 2.27. The van der Waals surface area contributed by atoms with Crippen molar-refractivity contribution in [3.8, 4) is 0 Å². The van der Waals surface area contributed by atoms with E-state index in [0.29, 0.717) is 0 Å². The predicted octanol–water partition coefficient (Wildman–Crippen LogP) is 1.22. The molecule has 0 spiro atoms. The zero-order valence-corrected chi connectivity index (χ0v) is 10.4. The number of nitrogens with zero attached hydrogens (tertiary/aromatic N) is 1. The van der Waals surface area contributed by atoms with Gasteiger partial charge in [-0.15, -0.1) is 0 Å². The monoisotopic (exact) mass is 282 g/mol. The van der Waals surface area contributed by atoms with Gasteiger partial charge in [0.2, 0.25) is 11.8 Å². The molecular weight excluding hydrogens is 272 g/mol. The Morgan fingerprint density at radius 2 is 2.12 bits per heavy atom. The van der Waals surface area contributed by atoms with Crippen molar-refractivity contribution < 1.29 is 9.59 Å². The quantitative estimate of drug-likeness (QED) is 0.842. The molecule has 1 saturated heterocycles. The van der Waals surface area contributed by atoms with E-state index in [1.165, 1.54) is 4.90 Å². The van der Waals surface area contributed by atoms with Crippen LogP contribution in [0.1, 0.15) is 5.56 Å². The Labute approximate surface area is 102 Å². The summed E-state index contributed by atoms with van der Waals surface area (Å²) < 4.78 is 0.821. The van der Waals surface area contributed by atoms with E-state index in [0.717, 1.165) is 15.7 Å². The molecule has 4 nitrogen and oxygen atoms in total. The van der Waals surface area contributed by atoms with E-state index in [-0.39, 0.29) is 24.9 Å². The fourth-order valence-corrected chi connectivity index (χ4v) is 2.07. The van der Waals surface area contributed by atoms with Crippen LogP contribution >= 0.6 is 15.9 Å². The third kappa shape index (κ3) is 2.09. The van der Waals surface area contributed by atoms with E-state index in [4.69, 9.17) is 0 Å². The van der Waals surface area contributed by atoms with E-state index in [1.807, 2.05) is 25.1 Å². The third-order valence-electron chi connectivity index (χ3n) is 2.43. The highest BCUT2D eigenvalue weighted by Gasteiger charge is 2.25. The summed E-state index contributed by atoms with van der Waals surface area (Å²) in [6, 6.07) is 5.72. The van der Waals surface area contributed by atoms with Crippen molar-refractivity contribution in [2.45, 2.75) is 6.92 Å². The molecule has 1 aliphatic rings. The molecule has 0 aliphatic carbocycles. The largest absolute Gasteiger partial charge is 0.345 e. The Morgan fingerprint density at radius 1 is 1.38 bits per heavy atom. The summed E-state index contributed by atoms with van der Waals surface area (Å²) in [5.41, 5.74) is 1.80. The van der Waals surface area contributed by atoms with Gasteiger partial charge >= 0.3 is 0 Å².